The Balaban J connectivity index is 0.00000338. The van der Waals surface area contributed by atoms with E-state index in [4.69, 9.17) is 14.1 Å². The summed E-state index contributed by atoms with van der Waals surface area (Å²) in [5.41, 5.74) is -0.123. The summed E-state index contributed by atoms with van der Waals surface area (Å²) >= 11 is 0. The molecule has 6 nitrogen and oxygen atoms in total. The van der Waals surface area contributed by atoms with Gasteiger partial charge in [-0.2, -0.15) is 0 Å². The molecule has 1 aliphatic rings. The third-order valence-corrected chi connectivity index (χ3v) is 4.80. The van der Waals surface area contributed by atoms with Gasteiger partial charge in [-0.1, -0.05) is 13.8 Å². The molecule has 26 heavy (non-hydrogen) atoms. The van der Waals surface area contributed by atoms with Gasteiger partial charge in [0.2, 0.25) is 0 Å². The lowest BCUT2D eigenvalue weighted by molar-refractivity contribution is 0.0283. The SMILES string of the molecule is CCNC(=NCC1(C)CCCO1)NCC(c1ccco1)N(CC)CC.I. The van der Waals surface area contributed by atoms with E-state index in [-0.39, 0.29) is 35.6 Å². The predicted octanol–water partition coefficient (Wildman–Crippen LogP) is 3.40. The highest BCUT2D eigenvalue weighted by Crippen LogP contribution is 2.25. The minimum Gasteiger partial charge on any atom is -0.468 e. The molecule has 2 unspecified atom stereocenters. The fraction of sp³-hybridized carbons (Fsp3) is 0.737. The van der Waals surface area contributed by atoms with Gasteiger partial charge < -0.3 is 19.8 Å². The Morgan fingerprint density at radius 1 is 1.31 bits per heavy atom. The molecule has 0 aliphatic carbocycles. The summed E-state index contributed by atoms with van der Waals surface area (Å²) in [5, 5.41) is 6.81. The summed E-state index contributed by atoms with van der Waals surface area (Å²) in [5.74, 6) is 1.82. The molecule has 2 rings (SSSR count). The number of aliphatic imine (C=N–C) groups is 1. The molecule has 1 aliphatic heterocycles. The number of likely N-dealkylation sites (N-methyl/N-ethyl adjacent to an activating group) is 1. The van der Waals surface area contributed by atoms with E-state index in [1.807, 2.05) is 12.1 Å². The molecule has 7 heteroatoms. The summed E-state index contributed by atoms with van der Waals surface area (Å²) in [4.78, 5) is 7.14. The van der Waals surface area contributed by atoms with E-state index < -0.39 is 0 Å². The number of halogens is 1. The molecule has 0 bridgehead atoms. The quantitative estimate of drug-likeness (QED) is 0.324. The molecule has 150 valence electrons. The minimum absolute atomic E-state index is 0. The maximum absolute atomic E-state index is 5.84. The van der Waals surface area contributed by atoms with Crippen molar-refractivity contribution in [2.75, 3.05) is 39.3 Å². The first-order valence-electron chi connectivity index (χ1n) is 9.55. The lowest BCUT2D eigenvalue weighted by Crippen LogP contribution is -2.44. The van der Waals surface area contributed by atoms with Gasteiger partial charge in [0.25, 0.3) is 0 Å². The number of guanidine groups is 1. The molecule has 1 aromatic rings. The topological polar surface area (TPSA) is 62.0 Å². The normalized spacial score (nSPS) is 21.5. The second-order valence-electron chi connectivity index (χ2n) is 6.73. The van der Waals surface area contributed by atoms with E-state index in [1.54, 1.807) is 6.26 Å². The molecule has 2 heterocycles. The first-order chi connectivity index (χ1) is 12.1. The molecule has 0 spiro atoms. The van der Waals surface area contributed by atoms with Crippen molar-refractivity contribution < 1.29 is 9.15 Å². The zero-order chi connectivity index (χ0) is 18.1. The Kier molecular flexibility index (Phi) is 10.6. The lowest BCUT2D eigenvalue weighted by atomic mass is 10.0. The molecular formula is C19H35IN4O2. The van der Waals surface area contributed by atoms with Crippen LogP contribution < -0.4 is 10.6 Å². The number of nitrogens with one attached hydrogen (secondary N) is 2. The standard InChI is InChI=1S/C19H34N4O2.HI/c1-5-20-18(22-15-19(4)11-9-13-25-19)21-14-16(23(6-2)7-3)17-10-8-12-24-17;/h8,10,12,16H,5-7,9,11,13-15H2,1-4H3,(H2,20,21,22);1H. The van der Waals surface area contributed by atoms with Crippen LogP contribution in [0.25, 0.3) is 0 Å². The number of furan rings is 1. The van der Waals surface area contributed by atoms with Crippen LogP contribution in [0.1, 0.15) is 52.3 Å². The van der Waals surface area contributed by atoms with Crippen molar-refractivity contribution in [1.29, 1.82) is 0 Å². The Labute approximate surface area is 175 Å². The average molecular weight is 478 g/mol. The van der Waals surface area contributed by atoms with Gasteiger partial charge in [-0.15, -0.1) is 24.0 Å². The molecule has 0 amide bonds. The third-order valence-electron chi connectivity index (χ3n) is 4.80. The van der Waals surface area contributed by atoms with Gasteiger partial charge in [0, 0.05) is 19.7 Å². The molecule has 1 fully saturated rings. The number of nitrogens with zero attached hydrogens (tertiary/aromatic N) is 2. The van der Waals surface area contributed by atoms with Crippen LogP contribution in [-0.2, 0) is 4.74 Å². The van der Waals surface area contributed by atoms with Crippen molar-refractivity contribution >= 4 is 29.9 Å². The van der Waals surface area contributed by atoms with E-state index in [1.165, 1.54) is 0 Å². The fourth-order valence-electron chi connectivity index (χ4n) is 3.30. The minimum atomic E-state index is -0.123. The second kappa shape index (κ2) is 11.8. The summed E-state index contributed by atoms with van der Waals surface area (Å²) in [7, 11) is 0. The Bertz CT molecular complexity index is 512. The summed E-state index contributed by atoms with van der Waals surface area (Å²) < 4.78 is 11.5. The molecule has 2 atom stereocenters. The number of hydrogen-bond donors (Lipinski definition) is 2. The van der Waals surface area contributed by atoms with Crippen LogP contribution in [0, 0.1) is 0 Å². The van der Waals surface area contributed by atoms with Crippen LogP contribution >= 0.6 is 24.0 Å². The molecule has 1 saturated heterocycles. The summed E-state index contributed by atoms with van der Waals surface area (Å²) in [6.07, 6.45) is 3.94. The van der Waals surface area contributed by atoms with E-state index in [2.05, 4.69) is 43.2 Å². The maximum Gasteiger partial charge on any atom is 0.191 e. The number of ether oxygens (including phenoxy) is 1. The molecule has 0 radical (unpaired) electrons. The third kappa shape index (κ3) is 6.74. The van der Waals surface area contributed by atoms with Gasteiger partial charge in [0.05, 0.1) is 24.5 Å². The zero-order valence-corrected chi connectivity index (χ0v) is 18.9. The molecular weight excluding hydrogens is 443 g/mol. The van der Waals surface area contributed by atoms with Crippen LogP contribution in [0.15, 0.2) is 27.8 Å². The van der Waals surface area contributed by atoms with Crippen molar-refractivity contribution in [3.05, 3.63) is 24.2 Å². The highest BCUT2D eigenvalue weighted by Gasteiger charge is 2.29. The van der Waals surface area contributed by atoms with Crippen molar-refractivity contribution in [2.24, 2.45) is 4.99 Å². The van der Waals surface area contributed by atoms with E-state index >= 15 is 0 Å². The van der Waals surface area contributed by atoms with Gasteiger partial charge in [-0.3, -0.25) is 9.89 Å². The second-order valence-corrected chi connectivity index (χ2v) is 6.73. The summed E-state index contributed by atoms with van der Waals surface area (Å²) in [6.45, 7) is 13.6. The van der Waals surface area contributed by atoms with E-state index in [0.717, 1.165) is 57.3 Å². The maximum atomic E-state index is 5.84. The van der Waals surface area contributed by atoms with Crippen LogP contribution in [0.2, 0.25) is 0 Å². The highest BCUT2D eigenvalue weighted by atomic mass is 127. The van der Waals surface area contributed by atoms with Gasteiger partial charge in [0.15, 0.2) is 5.96 Å². The van der Waals surface area contributed by atoms with Gasteiger partial charge >= 0.3 is 0 Å². The molecule has 0 saturated carbocycles. The van der Waals surface area contributed by atoms with Crippen molar-refractivity contribution in [2.45, 2.75) is 52.2 Å². The molecule has 1 aromatic heterocycles. The predicted molar refractivity (Wildman–Crippen MR) is 117 cm³/mol. The highest BCUT2D eigenvalue weighted by molar-refractivity contribution is 14.0. The largest absolute Gasteiger partial charge is 0.468 e. The lowest BCUT2D eigenvalue weighted by Gasteiger charge is -2.29. The first kappa shape index (κ1) is 23.2. The summed E-state index contributed by atoms with van der Waals surface area (Å²) in [6, 6.07) is 4.18. The number of rotatable bonds is 9. The Morgan fingerprint density at radius 2 is 2.08 bits per heavy atom. The van der Waals surface area contributed by atoms with Gasteiger partial charge in [-0.05, 0) is 51.9 Å². The Hall–Kier alpha value is -0.800. The monoisotopic (exact) mass is 478 g/mol. The van der Waals surface area contributed by atoms with Crippen LogP contribution in [0.3, 0.4) is 0 Å². The van der Waals surface area contributed by atoms with Crippen LogP contribution in [0.5, 0.6) is 0 Å². The smallest absolute Gasteiger partial charge is 0.191 e. The first-order valence-corrected chi connectivity index (χ1v) is 9.55. The van der Waals surface area contributed by atoms with Crippen LogP contribution in [-0.4, -0.2) is 55.8 Å². The van der Waals surface area contributed by atoms with Crippen molar-refractivity contribution in [3.63, 3.8) is 0 Å². The van der Waals surface area contributed by atoms with Crippen molar-refractivity contribution in [1.82, 2.24) is 15.5 Å². The average Bonchev–Trinajstić information content (AvgIpc) is 3.28. The molecule has 0 aromatic carbocycles. The van der Waals surface area contributed by atoms with Crippen molar-refractivity contribution in [3.8, 4) is 0 Å². The fourth-order valence-corrected chi connectivity index (χ4v) is 3.30. The Morgan fingerprint density at radius 3 is 2.62 bits per heavy atom. The van der Waals surface area contributed by atoms with Gasteiger partial charge in [0.1, 0.15) is 5.76 Å². The van der Waals surface area contributed by atoms with E-state index in [0.29, 0.717) is 6.54 Å². The van der Waals surface area contributed by atoms with Crippen LogP contribution in [0.4, 0.5) is 0 Å². The van der Waals surface area contributed by atoms with Gasteiger partial charge in [-0.25, -0.2) is 0 Å². The molecule has 2 N–H and O–H groups in total. The van der Waals surface area contributed by atoms with E-state index in [9.17, 15) is 0 Å². The zero-order valence-electron chi connectivity index (χ0n) is 16.6. The number of hydrogen-bond acceptors (Lipinski definition) is 4.